The van der Waals surface area contributed by atoms with Crippen LogP contribution in [0.2, 0.25) is 0 Å². The van der Waals surface area contributed by atoms with E-state index in [1.54, 1.807) is 12.1 Å². The largest absolute Gasteiger partial charge is 0.480 e. The van der Waals surface area contributed by atoms with Crippen molar-refractivity contribution in [2.75, 3.05) is 5.75 Å². The summed E-state index contributed by atoms with van der Waals surface area (Å²) in [6.45, 7) is 0. The number of benzene rings is 1. The van der Waals surface area contributed by atoms with E-state index in [1.165, 1.54) is 22.8 Å². The number of nitrogens with zero attached hydrogens (tertiary/aromatic N) is 6. The molecule has 136 valence electrons. The maximum Gasteiger partial charge on any atom is 0.327 e. The highest BCUT2D eigenvalue weighted by Gasteiger charge is 2.22. The molecule has 9 nitrogen and oxygen atoms in total. The number of hydrogen-bond donors (Lipinski definition) is 2. The summed E-state index contributed by atoms with van der Waals surface area (Å²) in [5, 5.41) is 21.4. The number of rotatable bonds is 4. The lowest BCUT2D eigenvalue weighted by atomic mass is 10.1. The van der Waals surface area contributed by atoms with Crippen molar-refractivity contribution in [3.05, 3.63) is 53.0 Å². The lowest BCUT2D eigenvalue weighted by Gasteiger charge is -2.12. The van der Waals surface area contributed by atoms with Crippen molar-refractivity contribution in [2.45, 2.75) is 6.04 Å². The summed E-state index contributed by atoms with van der Waals surface area (Å²) in [4.78, 5) is 28.1. The van der Waals surface area contributed by atoms with Gasteiger partial charge in [0.2, 0.25) is 0 Å². The van der Waals surface area contributed by atoms with E-state index in [0.29, 0.717) is 16.8 Å². The molecule has 0 bridgehead atoms. The molecule has 1 aromatic carbocycles. The molecular formula is C16H11FN6O3S. The molecule has 0 aliphatic heterocycles. The van der Waals surface area contributed by atoms with Crippen molar-refractivity contribution in [3.8, 4) is 11.1 Å². The van der Waals surface area contributed by atoms with Crippen molar-refractivity contribution in [1.29, 1.82) is 0 Å². The minimum atomic E-state index is -1.21. The molecule has 1 N–H and O–H groups in total. The zero-order valence-corrected chi connectivity index (χ0v) is 14.4. The van der Waals surface area contributed by atoms with Gasteiger partial charge in [0.1, 0.15) is 18.2 Å². The average molecular weight is 386 g/mol. The topological polar surface area (TPSA) is 115 Å². The second kappa shape index (κ2) is 6.43. The number of aliphatic carboxylic acids is 1. The van der Waals surface area contributed by atoms with Gasteiger partial charge in [-0.1, -0.05) is 12.1 Å². The van der Waals surface area contributed by atoms with Crippen LogP contribution in [0.5, 0.6) is 0 Å². The van der Waals surface area contributed by atoms with Crippen molar-refractivity contribution in [2.24, 2.45) is 0 Å². The quantitative estimate of drug-likeness (QED) is 0.506. The summed E-state index contributed by atoms with van der Waals surface area (Å²) < 4.78 is 15.4. The van der Waals surface area contributed by atoms with E-state index in [2.05, 4.69) is 32.9 Å². The standard InChI is InChI=1S/C16H11FN6O3S/c17-9-3-1-8(2-4-9)10-5-19-23-13(10)21-20-12-14(23)18-7-22(15(12)24)11(6-27)16(25)26/h1-5,7,11,27H,6H2,(H,25,26). The fourth-order valence-electron chi connectivity index (χ4n) is 2.72. The number of fused-ring (bicyclic) bond motifs is 3. The normalized spacial score (nSPS) is 12.5. The van der Waals surface area contributed by atoms with Gasteiger partial charge in [0, 0.05) is 11.3 Å². The smallest absolute Gasteiger partial charge is 0.327 e. The molecule has 11 heteroatoms. The Morgan fingerprint density at radius 1 is 1.22 bits per heavy atom. The van der Waals surface area contributed by atoms with Crippen molar-refractivity contribution in [1.82, 2.24) is 29.4 Å². The van der Waals surface area contributed by atoms with Gasteiger partial charge in [0.25, 0.3) is 5.56 Å². The van der Waals surface area contributed by atoms with Gasteiger partial charge in [-0.3, -0.25) is 9.36 Å². The zero-order chi connectivity index (χ0) is 19.1. The molecule has 4 rings (SSSR count). The molecule has 0 radical (unpaired) electrons. The van der Waals surface area contributed by atoms with E-state index in [1.807, 2.05) is 0 Å². The van der Waals surface area contributed by atoms with Gasteiger partial charge < -0.3 is 5.11 Å². The van der Waals surface area contributed by atoms with Crippen LogP contribution in [0.15, 0.2) is 41.6 Å². The number of carboxylic acid groups (broad SMARTS) is 1. The number of carboxylic acids is 1. The average Bonchev–Trinajstić information content (AvgIpc) is 3.09. The van der Waals surface area contributed by atoms with Gasteiger partial charge in [-0.15, -0.1) is 10.2 Å². The van der Waals surface area contributed by atoms with Crippen LogP contribution in [-0.4, -0.2) is 46.2 Å². The molecule has 1 unspecified atom stereocenters. The maximum atomic E-state index is 13.1. The predicted molar refractivity (Wildman–Crippen MR) is 96.3 cm³/mol. The first-order valence-electron chi connectivity index (χ1n) is 7.72. The molecule has 0 aliphatic rings. The number of halogens is 1. The third-order valence-electron chi connectivity index (χ3n) is 4.09. The molecule has 1 atom stereocenters. The minimum Gasteiger partial charge on any atom is -0.480 e. The predicted octanol–water partition coefficient (Wildman–Crippen LogP) is 1.20. The third-order valence-corrected chi connectivity index (χ3v) is 4.44. The van der Waals surface area contributed by atoms with Crippen molar-refractivity contribution >= 4 is 35.4 Å². The Labute approximate surface area is 155 Å². The number of hydrogen-bond acceptors (Lipinski definition) is 7. The van der Waals surface area contributed by atoms with Crippen LogP contribution in [0.4, 0.5) is 4.39 Å². The van der Waals surface area contributed by atoms with E-state index in [0.717, 1.165) is 10.9 Å². The van der Waals surface area contributed by atoms with E-state index in [4.69, 9.17) is 0 Å². The Morgan fingerprint density at radius 3 is 2.63 bits per heavy atom. The van der Waals surface area contributed by atoms with Crippen LogP contribution in [0.1, 0.15) is 6.04 Å². The van der Waals surface area contributed by atoms with E-state index in [9.17, 15) is 19.1 Å². The summed E-state index contributed by atoms with van der Waals surface area (Å²) >= 11 is 3.97. The lowest BCUT2D eigenvalue weighted by molar-refractivity contribution is -0.140. The highest BCUT2D eigenvalue weighted by atomic mass is 32.1. The monoisotopic (exact) mass is 386 g/mol. The summed E-state index contributed by atoms with van der Waals surface area (Å²) in [6.07, 6.45) is 2.64. The number of thiol groups is 1. The highest BCUT2D eigenvalue weighted by molar-refractivity contribution is 7.80. The molecule has 3 aromatic heterocycles. The van der Waals surface area contributed by atoms with Gasteiger partial charge in [0.15, 0.2) is 16.8 Å². The number of carbonyl (C=O) groups is 1. The third kappa shape index (κ3) is 2.72. The molecule has 27 heavy (non-hydrogen) atoms. The van der Waals surface area contributed by atoms with Crippen LogP contribution in [0.3, 0.4) is 0 Å². The summed E-state index contributed by atoms with van der Waals surface area (Å²) in [7, 11) is 0. The summed E-state index contributed by atoms with van der Waals surface area (Å²) in [6, 6.07) is 4.60. The summed E-state index contributed by atoms with van der Waals surface area (Å²) in [5.74, 6) is -1.67. The van der Waals surface area contributed by atoms with E-state index < -0.39 is 17.6 Å². The molecule has 0 saturated carbocycles. The first kappa shape index (κ1) is 17.1. The second-order valence-corrected chi connectivity index (χ2v) is 6.03. The Balaban J connectivity index is 1.93. The second-order valence-electron chi connectivity index (χ2n) is 5.67. The highest BCUT2D eigenvalue weighted by Crippen LogP contribution is 2.24. The first-order chi connectivity index (χ1) is 13.0. The molecule has 0 aliphatic carbocycles. The first-order valence-corrected chi connectivity index (χ1v) is 8.35. The Hall–Kier alpha value is -3.34. The molecule has 3 heterocycles. The van der Waals surface area contributed by atoms with Gasteiger partial charge in [-0.05, 0) is 17.7 Å². The molecule has 0 spiro atoms. The van der Waals surface area contributed by atoms with E-state index in [-0.39, 0.29) is 22.7 Å². The Morgan fingerprint density at radius 2 is 1.96 bits per heavy atom. The number of aromatic nitrogens is 6. The fourth-order valence-corrected chi connectivity index (χ4v) is 3.05. The van der Waals surface area contributed by atoms with Gasteiger partial charge in [0.05, 0.1) is 6.20 Å². The van der Waals surface area contributed by atoms with E-state index >= 15 is 0 Å². The molecule has 0 saturated heterocycles. The molecular weight excluding hydrogens is 375 g/mol. The van der Waals surface area contributed by atoms with Crippen LogP contribution in [0, 0.1) is 5.82 Å². The molecule has 0 fully saturated rings. The van der Waals surface area contributed by atoms with Gasteiger partial charge in [-0.2, -0.15) is 22.2 Å². The molecule has 4 aromatic rings. The minimum absolute atomic E-state index is 0.0887. The lowest BCUT2D eigenvalue weighted by Crippen LogP contribution is -2.32. The van der Waals surface area contributed by atoms with Crippen molar-refractivity contribution < 1.29 is 14.3 Å². The van der Waals surface area contributed by atoms with Crippen LogP contribution >= 0.6 is 12.6 Å². The van der Waals surface area contributed by atoms with Crippen molar-refractivity contribution in [3.63, 3.8) is 0 Å². The molecule has 0 amide bonds. The van der Waals surface area contributed by atoms with Crippen LogP contribution in [-0.2, 0) is 4.79 Å². The fraction of sp³-hybridized carbons (Fsp3) is 0.125. The van der Waals surface area contributed by atoms with Gasteiger partial charge in [-0.25, -0.2) is 14.2 Å². The van der Waals surface area contributed by atoms with Gasteiger partial charge >= 0.3 is 5.97 Å². The Kier molecular flexibility index (Phi) is 4.07. The van der Waals surface area contributed by atoms with Crippen LogP contribution < -0.4 is 5.56 Å². The zero-order valence-electron chi connectivity index (χ0n) is 13.5. The summed E-state index contributed by atoms with van der Waals surface area (Å²) in [5.41, 5.74) is 0.964. The maximum absolute atomic E-state index is 13.1. The van der Waals surface area contributed by atoms with Crippen LogP contribution in [0.25, 0.3) is 27.9 Å². The SMILES string of the molecule is O=C(O)C(CS)n1cnc2c(nnc3c(-c4ccc(F)cc4)cnn32)c1=O. The Bertz CT molecular complexity index is 1240.